The van der Waals surface area contributed by atoms with E-state index in [9.17, 15) is 4.79 Å². The van der Waals surface area contributed by atoms with Crippen molar-refractivity contribution in [2.45, 2.75) is 33.2 Å². The molecule has 0 aliphatic heterocycles. The van der Waals surface area contributed by atoms with Crippen LogP contribution in [0, 0.1) is 12.8 Å². The predicted octanol–water partition coefficient (Wildman–Crippen LogP) is 2.96. The van der Waals surface area contributed by atoms with Crippen LogP contribution >= 0.6 is 11.6 Å². The topological polar surface area (TPSA) is 55.1 Å². The number of aryl methyl sites for hydroxylation is 1. The molecule has 94 valence electrons. The van der Waals surface area contributed by atoms with Gasteiger partial charge in [0.2, 0.25) is 5.91 Å². The number of hydrogen-bond acceptors (Lipinski definition) is 2. The van der Waals surface area contributed by atoms with Crippen LogP contribution < -0.4 is 11.1 Å². The molecular weight excluding hydrogens is 236 g/mol. The minimum absolute atomic E-state index is 0.189. The van der Waals surface area contributed by atoms with Gasteiger partial charge in [-0.3, -0.25) is 4.79 Å². The van der Waals surface area contributed by atoms with Crippen molar-refractivity contribution < 1.29 is 4.79 Å². The highest BCUT2D eigenvalue weighted by atomic mass is 35.5. The van der Waals surface area contributed by atoms with Gasteiger partial charge in [0.25, 0.3) is 0 Å². The Morgan fingerprint density at radius 3 is 2.71 bits per heavy atom. The van der Waals surface area contributed by atoms with Gasteiger partial charge in [0.05, 0.1) is 16.8 Å². The van der Waals surface area contributed by atoms with E-state index in [1.807, 2.05) is 32.9 Å². The molecule has 1 atom stereocenters. The summed E-state index contributed by atoms with van der Waals surface area (Å²) in [6.45, 7) is 5.96. The standard InChI is InChI=1S/C13H19ClN2O/c1-8(2)7-10(15)13(17)16-11-6-4-5-9(3)12(11)14/h4-6,8,10H,7,15H2,1-3H3,(H,16,17)/t10-/m0/s1. The summed E-state index contributed by atoms with van der Waals surface area (Å²) in [7, 11) is 0. The SMILES string of the molecule is Cc1cccc(NC(=O)[C@@H](N)CC(C)C)c1Cl. The second-order valence-corrected chi connectivity index (χ2v) is 5.04. The highest BCUT2D eigenvalue weighted by Crippen LogP contribution is 2.25. The summed E-state index contributed by atoms with van der Waals surface area (Å²) in [5.74, 6) is 0.204. The number of benzene rings is 1. The number of rotatable bonds is 4. The van der Waals surface area contributed by atoms with Crippen LogP contribution in [0.3, 0.4) is 0 Å². The molecule has 0 aromatic heterocycles. The van der Waals surface area contributed by atoms with Crippen LogP contribution in [-0.4, -0.2) is 11.9 Å². The highest BCUT2D eigenvalue weighted by molar-refractivity contribution is 6.34. The summed E-state index contributed by atoms with van der Waals surface area (Å²) in [5.41, 5.74) is 7.35. The van der Waals surface area contributed by atoms with Crippen molar-refractivity contribution >= 4 is 23.2 Å². The van der Waals surface area contributed by atoms with Crippen LogP contribution in [-0.2, 0) is 4.79 Å². The predicted molar refractivity (Wildman–Crippen MR) is 72.2 cm³/mol. The maximum atomic E-state index is 11.8. The first-order valence-electron chi connectivity index (χ1n) is 5.73. The van der Waals surface area contributed by atoms with Gasteiger partial charge in [-0.05, 0) is 30.9 Å². The lowest BCUT2D eigenvalue weighted by molar-refractivity contribution is -0.117. The summed E-state index contributed by atoms with van der Waals surface area (Å²) in [6.07, 6.45) is 0.662. The fourth-order valence-corrected chi connectivity index (χ4v) is 1.76. The van der Waals surface area contributed by atoms with Gasteiger partial charge in [-0.1, -0.05) is 37.6 Å². The largest absolute Gasteiger partial charge is 0.323 e. The fraction of sp³-hybridized carbons (Fsp3) is 0.462. The van der Waals surface area contributed by atoms with Crippen molar-refractivity contribution in [2.24, 2.45) is 11.7 Å². The molecule has 3 N–H and O–H groups in total. The van der Waals surface area contributed by atoms with E-state index in [0.29, 0.717) is 23.0 Å². The Kier molecular flexibility index (Phi) is 4.97. The van der Waals surface area contributed by atoms with Gasteiger partial charge in [-0.15, -0.1) is 0 Å². The van der Waals surface area contributed by atoms with Crippen LogP contribution in [0.4, 0.5) is 5.69 Å². The molecular formula is C13H19ClN2O. The molecule has 17 heavy (non-hydrogen) atoms. The molecule has 1 aromatic rings. The van der Waals surface area contributed by atoms with Crippen molar-refractivity contribution in [3.05, 3.63) is 28.8 Å². The van der Waals surface area contributed by atoms with E-state index >= 15 is 0 Å². The normalized spacial score (nSPS) is 12.6. The summed E-state index contributed by atoms with van der Waals surface area (Å²) in [6, 6.07) is 5.03. The van der Waals surface area contributed by atoms with Crippen LogP contribution in [0.15, 0.2) is 18.2 Å². The molecule has 0 spiro atoms. The number of carbonyl (C=O) groups excluding carboxylic acids is 1. The van der Waals surface area contributed by atoms with Crippen molar-refractivity contribution in [3.8, 4) is 0 Å². The third kappa shape index (κ3) is 4.02. The first kappa shape index (κ1) is 14.0. The van der Waals surface area contributed by atoms with E-state index in [1.165, 1.54) is 0 Å². The van der Waals surface area contributed by atoms with Crippen LogP contribution in [0.1, 0.15) is 25.8 Å². The Hall–Kier alpha value is -1.06. The maximum absolute atomic E-state index is 11.8. The lowest BCUT2D eigenvalue weighted by Crippen LogP contribution is -2.36. The van der Waals surface area contributed by atoms with Gasteiger partial charge in [-0.25, -0.2) is 0 Å². The van der Waals surface area contributed by atoms with Gasteiger partial charge < -0.3 is 11.1 Å². The average molecular weight is 255 g/mol. The molecule has 0 saturated carbocycles. The highest BCUT2D eigenvalue weighted by Gasteiger charge is 2.16. The molecule has 0 bridgehead atoms. The third-order valence-electron chi connectivity index (χ3n) is 2.51. The quantitative estimate of drug-likeness (QED) is 0.868. The lowest BCUT2D eigenvalue weighted by atomic mass is 10.0. The summed E-state index contributed by atoms with van der Waals surface area (Å²) in [4.78, 5) is 11.8. The van der Waals surface area contributed by atoms with Gasteiger partial charge in [0.1, 0.15) is 0 Å². The van der Waals surface area contributed by atoms with E-state index in [4.69, 9.17) is 17.3 Å². The molecule has 0 aliphatic rings. The number of amides is 1. The Bertz CT molecular complexity index is 404. The second-order valence-electron chi connectivity index (χ2n) is 4.66. The minimum atomic E-state index is -0.494. The third-order valence-corrected chi connectivity index (χ3v) is 3.01. The zero-order valence-electron chi connectivity index (χ0n) is 10.5. The van der Waals surface area contributed by atoms with E-state index in [0.717, 1.165) is 5.56 Å². The second kappa shape index (κ2) is 6.03. The summed E-state index contributed by atoms with van der Waals surface area (Å²) in [5, 5.41) is 3.33. The molecule has 0 unspecified atom stereocenters. The van der Waals surface area contributed by atoms with Crippen LogP contribution in [0.2, 0.25) is 5.02 Å². The number of halogens is 1. The minimum Gasteiger partial charge on any atom is -0.323 e. The number of nitrogens with two attached hydrogens (primary N) is 1. The zero-order chi connectivity index (χ0) is 13.0. The molecule has 1 rings (SSSR count). The van der Waals surface area contributed by atoms with Gasteiger partial charge in [0.15, 0.2) is 0 Å². The van der Waals surface area contributed by atoms with Crippen molar-refractivity contribution in [1.82, 2.24) is 0 Å². The van der Waals surface area contributed by atoms with Gasteiger partial charge >= 0.3 is 0 Å². The fourth-order valence-electron chi connectivity index (χ4n) is 1.58. The van der Waals surface area contributed by atoms with Crippen molar-refractivity contribution in [3.63, 3.8) is 0 Å². The molecule has 0 radical (unpaired) electrons. The molecule has 0 heterocycles. The van der Waals surface area contributed by atoms with Gasteiger partial charge in [-0.2, -0.15) is 0 Å². The molecule has 3 nitrogen and oxygen atoms in total. The summed E-state index contributed by atoms with van der Waals surface area (Å²) < 4.78 is 0. The Labute approximate surface area is 107 Å². The van der Waals surface area contributed by atoms with E-state index in [2.05, 4.69) is 5.32 Å². The van der Waals surface area contributed by atoms with E-state index in [-0.39, 0.29) is 5.91 Å². The number of hydrogen-bond donors (Lipinski definition) is 2. The molecule has 4 heteroatoms. The molecule has 1 aromatic carbocycles. The Morgan fingerprint density at radius 1 is 1.47 bits per heavy atom. The van der Waals surface area contributed by atoms with E-state index < -0.39 is 6.04 Å². The molecule has 0 aliphatic carbocycles. The van der Waals surface area contributed by atoms with E-state index in [1.54, 1.807) is 6.07 Å². The number of carbonyl (C=O) groups is 1. The number of anilines is 1. The monoisotopic (exact) mass is 254 g/mol. The zero-order valence-corrected chi connectivity index (χ0v) is 11.2. The molecule has 0 saturated heterocycles. The average Bonchev–Trinajstić information content (AvgIpc) is 2.23. The Balaban J connectivity index is 2.71. The first-order valence-corrected chi connectivity index (χ1v) is 6.11. The van der Waals surface area contributed by atoms with Crippen molar-refractivity contribution in [2.75, 3.05) is 5.32 Å². The number of nitrogens with one attached hydrogen (secondary N) is 1. The van der Waals surface area contributed by atoms with Crippen molar-refractivity contribution in [1.29, 1.82) is 0 Å². The molecule has 0 fully saturated rings. The Morgan fingerprint density at radius 2 is 2.12 bits per heavy atom. The molecule has 1 amide bonds. The van der Waals surface area contributed by atoms with Crippen LogP contribution in [0.5, 0.6) is 0 Å². The smallest absolute Gasteiger partial charge is 0.241 e. The lowest BCUT2D eigenvalue weighted by Gasteiger charge is -2.15. The summed E-state index contributed by atoms with van der Waals surface area (Å²) >= 11 is 6.09. The first-order chi connectivity index (χ1) is 7.91. The van der Waals surface area contributed by atoms with Crippen LogP contribution in [0.25, 0.3) is 0 Å². The maximum Gasteiger partial charge on any atom is 0.241 e. The van der Waals surface area contributed by atoms with Gasteiger partial charge in [0, 0.05) is 0 Å².